The van der Waals surface area contributed by atoms with Gasteiger partial charge in [0.05, 0.1) is 6.61 Å². The van der Waals surface area contributed by atoms with E-state index in [-0.39, 0.29) is 19.4 Å². The zero-order valence-corrected chi connectivity index (χ0v) is 36.5. The number of aliphatic hydroxyl groups excluding tert-OH is 3. The van der Waals surface area contributed by atoms with Crippen LogP contribution in [-0.2, 0) is 33.3 Å². The van der Waals surface area contributed by atoms with Crippen LogP contribution in [0.25, 0.3) is 0 Å². The number of carbonyl (C=O) groups is 3. The average molecular weight is 833 g/mol. The Bertz CT molecular complexity index is 1210. The molecule has 1 aliphatic rings. The van der Waals surface area contributed by atoms with Crippen LogP contribution in [0.3, 0.4) is 0 Å². The van der Waals surface area contributed by atoms with E-state index in [1.807, 2.05) is 0 Å². The first kappa shape index (κ1) is 53.9. The summed E-state index contributed by atoms with van der Waals surface area (Å²) in [6, 6.07) is 0. The van der Waals surface area contributed by atoms with E-state index in [2.05, 4.69) is 74.6 Å². The Hall–Kier alpha value is -3.09. The summed E-state index contributed by atoms with van der Waals surface area (Å²) in [6.45, 7) is 3.71. The van der Waals surface area contributed by atoms with Crippen molar-refractivity contribution in [3.05, 3.63) is 60.8 Å². The van der Waals surface area contributed by atoms with Crippen LogP contribution in [0.1, 0.15) is 174 Å². The molecule has 4 N–H and O–H groups in total. The first-order valence-corrected chi connectivity index (χ1v) is 22.8. The third-order valence-corrected chi connectivity index (χ3v) is 10.1. The number of esters is 2. The van der Waals surface area contributed by atoms with Crippen LogP contribution in [0.15, 0.2) is 60.8 Å². The van der Waals surface area contributed by atoms with Gasteiger partial charge in [0.2, 0.25) is 0 Å². The van der Waals surface area contributed by atoms with E-state index >= 15 is 0 Å². The van der Waals surface area contributed by atoms with Gasteiger partial charge in [0, 0.05) is 12.8 Å². The molecule has 11 heteroatoms. The van der Waals surface area contributed by atoms with E-state index in [0.29, 0.717) is 12.8 Å². The maximum atomic E-state index is 12.8. The minimum atomic E-state index is -1.87. The fourth-order valence-corrected chi connectivity index (χ4v) is 6.43. The van der Waals surface area contributed by atoms with Crippen molar-refractivity contribution >= 4 is 17.9 Å². The van der Waals surface area contributed by atoms with Crippen molar-refractivity contribution in [2.75, 3.05) is 13.2 Å². The molecule has 0 amide bonds. The molecular formula is C48H80O11. The smallest absolute Gasteiger partial charge is 0.335 e. The van der Waals surface area contributed by atoms with Gasteiger partial charge in [-0.3, -0.25) is 9.59 Å². The molecule has 1 fully saturated rings. The van der Waals surface area contributed by atoms with E-state index in [1.165, 1.54) is 38.5 Å². The average Bonchev–Trinajstić information content (AvgIpc) is 3.22. The van der Waals surface area contributed by atoms with Crippen LogP contribution >= 0.6 is 0 Å². The lowest BCUT2D eigenvalue weighted by atomic mass is 9.99. The lowest BCUT2D eigenvalue weighted by molar-refractivity contribution is -0.298. The summed E-state index contributed by atoms with van der Waals surface area (Å²) in [5.41, 5.74) is 0. The van der Waals surface area contributed by atoms with E-state index in [4.69, 9.17) is 18.9 Å². The molecule has 0 aromatic heterocycles. The predicted octanol–water partition coefficient (Wildman–Crippen LogP) is 9.92. The lowest BCUT2D eigenvalue weighted by Gasteiger charge is -2.38. The second-order valence-electron chi connectivity index (χ2n) is 15.5. The van der Waals surface area contributed by atoms with Gasteiger partial charge in [-0.1, -0.05) is 145 Å². The molecule has 338 valence electrons. The van der Waals surface area contributed by atoms with Crippen LogP contribution in [-0.4, -0.2) is 88.4 Å². The number of hydrogen-bond acceptors (Lipinski definition) is 10. The van der Waals surface area contributed by atoms with Crippen LogP contribution in [0.5, 0.6) is 0 Å². The molecule has 59 heavy (non-hydrogen) atoms. The Morgan fingerprint density at radius 1 is 0.525 bits per heavy atom. The van der Waals surface area contributed by atoms with Crippen molar-refractivity contribution in [1.82, 2.24) is 0 Å². The summed E-state index contributed by atoms with van der Waals surface area (Å²) < 4.78 is 21.7. The van der Waals surface area contributed by atoms with Gasteiger partial charge < -0.3 is 39.4 Å². The first-order valence-electron chi connectivity index (χ1n) is 22.8. The van der Waals surface area contributed by atoms with Gasteiger partial charge in [0.1, 0.15) is 24.9 Å². The zero-order valence-electron chi connectivity index (χ0n) is 36.5. The fourth-order valence-electron chi connectivity index (χ4n) is 6.43. The molecule has 0 aliphatic carbocycles. The maximum absolute atomic E-state index is 12.8. The molecule has 0 radical (unpaired) electrons. The molecular weight excluding hydrogens is 753 g/mol. The molecule has 1 heterocycles. The molecule has 1 aliphatic heterocycles. The Labute approximate surface area is 356 Å². The zero-order chi connectivity index (χ0) is 43.2. The molecule has 0 aromatic carbocycles. The van der Waals surface area contributed by atoms with E-state index in [9.17, 15) is 34.8 Å². The highest BCUT2D eigenvalue weighted by Crippen LogP contribution is 2.23. The Balaban J connectivity index is 2.38. The number of rotatable bonds is 37. The molecule has 0 bridgehead atoms. The number of hydrogen-bond donors (Lipinski definition) is 4. The third kappa shape index (κ3) is 29.7. The normalized spacial score (nSPS) is 20.5. The van der Waals surface area contributed by atoms with Crippen molar-refractivity contribution in [3.8, 4) is 0 Å². The quantitative estimate of drug-likeness (QED) is 0.0267. The highest BCUT2D eigenvalue weighted by Gasteiger charge is 2.47. The van der Waals surface area contributed by atoms with Gasteiger partial charge in [-0.25, -0.2) is 4.79 Å². The summed E-state index contributed by atoms with van der Waals surface area (Å²) in [4.78, 5) is 36.8. The van der Waals surface area contributed by atoms with E-state index in [1.54, 1.807) is 0 Å². The summed E-state index contributed by atoms with van der Waals surface area (Å²) in [5, 5.41) is 39.8. The SMILES string of the molecule is CCCC/C=C\C/C=C\CCCCCCCC(=O)OC(COC(=O)CCCCCCCC/C=C\C/C=C\C/C=C\CCCCC)COC1OC(C(=O)O)C(O)C(O)C1O. The van der Waals surface area contributed by atoms with Gasteiger partial charge in [-0.15, -0.1) is 0 Å². The van der Waals surface area contributed by atoms with Gasteiger partial charge in [-0.05, 0) is 77.0 Å². The summed E-state index contributed by atoms with van der Waals surface area (Å²) in [6.07, 6.45) is 36.9. The number of unbranched alkanes of at least 4 members (excludes halogenated alkanes) is 16. The molecule has 6 atom stereocenters. The molecule has 1 rings (SSSR count). The van der Waals surface area contributed by atoms with Crippen molar-refractivity contribution in [1.29, 1.82) is 0 Å². The summed E-state index contributed by atoms with van der Waals surface area (Å²) in [5.74, 6) is -2.48. The fraction of sp³-hybridized carbons (Fsp3) is 0.729. The molecule has 0 spiro atoms. The molecule has 6 unspecified atom stereocenters. The third-order valence-electron chi connectivity index (χ3n) is 10.1. The number of aliphatic carboxylic acids is 1. The van der Waals surface area contributed by atoms with Gasteiger partial charge in [0.25, 0.3) is 0 Å². The standard InChI is InChI=1S/C48H80O11/c1-3-5-7-9-11-13-15-17-19-20-21-22-23-25-26-28-30-32-34-36-41(49)56-38-40(39-57-48-45(53)43(51)44(52)46(59-48)47(54)55)58-42(50)37-35-33-31-29-27-24-18-16-14-12-10-8-6-4-2/h10-13,16-19,21-22,40,43-46,48,51-53H,3-9,14-15,20,23-39H2,1-2H3,(H,54,55)/b12-10-,13-11-,18-16-,19-17-,22-21-. The first-order chi connectivity index (χ1) is 28.7. The molecule has 1 saturated heterocycles. The highest BCUT2D eigenvalue weighted by molar-refractivity contribution is 5.73. The number of carboxylic acids is 1. The van der Waals surface area contributed by atoms with Crippen molar-refractivity contribution < 1.29 is 53.8 Å². The van der Waals surface area contributed by atoms with Crippen molar-refractivity contribution in [2.24, 2.45) is 0 Å². The van der Waals surface area contributed by atoms with Crippen molar-refractivity contribution in [3.63, 3.8) is 0 Å². The van der Waals surface area contributed by atoms with E-state index < -0.39 is 61.3 Å². The van der Waals surface area contributed by atoms with Crippen LogP contribution in [0, 0.1) is 0 Å². The minimum absolute atomic E-state index is 0.161. The largest absolute Gasteiger partial charge is 0.479 e. The summed E-state index contributed by atoms with van der Waals surface area (Å²) in [7, 11) is 0. The Morgan fingerprint density at radius 3 is 1.47 bits per heavy atom. The van der Waals surface area contributed by atoms with Crippen LogP contribution in [0.4, 0.5) is 0 Å². The molecule has 11 nitrogen and oxygen atoms in total. The second kappa shape index (κ2) is 37.9. The van der Waals surface area contributed by atoms with Crippen LogP contribution in [0.2, 0.25) is 0 Å². The van der Waals surface area contributed by atoms with Crippen LogP contribution < -0.4 is 0 Å². The van der Waals surface area contributed by atoms with E-state index in [0.717, 1.165) is 96.3 Å². The molecule has 0 saturated carbocycles. The molecule has 0 aromatic rings. The number of carboxylic acid groups (broad SMARTS) is 1. The van der Waals surface area contributed by atoms with Crippen molar-refractivity contribution in [2.45, 2.75) is 211 Å². The topological polar surface area (TPSA) is 169 Å². The van der Waals surface area contributed by atoms with Gasteiger partial charge >= 0.3 is 17.9 Å². The Kier molecular flexibility index (Phi) is 34.6. The highest BCUT2D eigenvalue weighted by atomic mass is 16.7. The number of ether oxygens (including phenoxy) is 4. The van der Waals surface area contributed by atoms with Gasteiger partial charge in [-0.2, -0.15) is 0 Å². The van der Waals surface area contributed by atoms with Gasteiger partial charge in [0.15, 0.2) is 18.5 Å². The number of allylic oxidation sites excluding steroid dienone is 10. The number of aliphatic hydroxyl groups is 3. The minimum Gasteiger partial charge on any atom is -0.479 e. The second-order valence-corrected chi connectivity index (χ2v) is 15.5. The maximum Gasteiger partial charge on any atom is 0.335 e. The summed E-state index contributed by atoms with van der Waals surface area (Å²) >= 11 is 0. The Morgan fingerprint density at radius 2 is 0.966 bits per heavy atom. The number of carbonyl (C=O) groups excluding carboxylic acids is 2. The predicted molar refractivity (Wildman–Crippen MR) is 234 cm³/mol. The lowest BCUT2D eigenvalue weighted by Crippen LogP contribution is -2.60. The monoisotopic (exact) mass is 833 g/mol.